The van der Waals surface area contributed by atoms with E-state index >= 15 is 0 Å². The van der Waals surface area contributed by atoms with E-state index in [1.54, 1.807) is 25.2 Å². The third-order valence-corrected chi connectivity index (χ3v) is 8.30. The fourth-order valence-electron chi connectivity index (χ4n) is 4.89. The van der Waals surface area contributed by atoms with Crippen LogP contribution in [-0.2, 0) is 17.1 Å². The first-order valence-corrected chi connectivity index (χ1v) is 14.2. The van der Waals surface area contributed by atoms with E-state index in [1.165, 1.54) is 23.1 Å². The summed E-state index contributed by atoms with van der Waals surface area (Å²) in [6.07, 6.45) is 4.57. The van der Waals surface area contributed by atoms with Gasteiger partial charge in [-0.25, -0.2) is 22.5 Å². The number of hydrogen-bond acceptors (Lipinski definition) is 7. The molecular formula is C28H31FN6O3S. The number of hydrogen-bond donors (Lipinski definition) is 1. The summed E-state index contributed by atoms with van der Waals surface area (Å²) >= 11 is 0. The first-order valence-electron chi connectivity index (χ1n) is 12.7. The number of piperidine rings is 1. The Morgan fingerprint density at radius 3 is 2.41 bits per heavy atom. The van der Waals surface area contributed by atoms with Gasteiger partial charge in [0.1, 0.15) is 4.90 Å². The summed E-state index contributed by atoms with van der Waals surface area (Å²) in [4.78, 5) is 11.0. The number of halogens is 1. The molecule has 1 saturated heterocycles. The number of nitrogens with one attached hydrogen (secondary N) is 1. The zero-order valence-corrected chi connectivity index (χ0v) is 23.2. The maximum atomic E-state index is 14.9. The summed E-state index contributed by atoms with van der Waals surface area (Å²) in [5.41, 5.74) is 4.15. The zero-order valence-electron chi connectivity index (χ0n) is 22.3. The number of sulfonamides is 1. The quantitative estimate of drug-likeness (QED) is 0.344. The lowest BCUT2D eigenvalue weighted by atomic mass is 9.89. The SMILES string of the molecule is Cc1cccc(C)c1-c1cc(Oc2cc(C3CCN(C)CC3)ccc2F)nc(NS(=O)(=O)c2cnn(C)c2)n1. The van der Waals surface area contributed by atoms with Crippen LogP contribution in [0.15, 0.2) is 59.8 Å². The molecule has 0 radical (unpaired) electrons. The Hall–Kier alpha value is -3.83. The molecule has 1 N–H and O–H groups in total. The molecule has 2 aromatic carbocycles. The first kappa shape index (κ1) is 26.8. The van der Waals surface area contributed by atoms with Crippen LogP contribution >= 0.6 is 0 Å². The van der Waals surface area contributed by atoms with E-state index < -0.39 is 15.8 Å². The third kappa shape index (κ3) is 5.94. The van der Waals surface area contributed by atoms with E-state index in [1.807, 2.05) is 32.0 Å². The number of likely N-dealkylation sites (tertiary alicyclic amines) is 1. The smallest absolute Gasteiger partial charge is 0.267 e. The molecule has 0 aliphatic carbocycles. The molecule has 0 amide bonds. The van der Waals surface area contributed by atoms with Gasteiger partial charge < -0.3 is 9.64 Å². The van der Waals surface area contributed by atoms with Crippen molar-refractivity contribution in [2.24, 2.45) is 7.05 Å². The van der Waals surface area contributed by atoms with Crippen LogP contribution in [0, 0.1) is 19.7 Å². The second-order valence-electron chi connectivity index (χ2n) is 10.0. The number of anilines is 1. The van der Waals surface area contributed by atoms with Crippen molar-refractivity contribution < 1.29 is 17.5 Å². The summed E-state index contributed by atoms with van der Waals surface area (Å²) in [7, 11) is -0.309. The van der Waals surface area contributed by atoms with Gasteiger partial charge in [-0.2, -0.15) is 10.1 Å². The molecule has 1 aliphatic rings. The van der Waals surface area contributed by atoms with Crippen LogP contribution in [0.2, 0.25) is 0 Å². The average molecular weight is 551 g/mol. The van der Waals surface area contributed by atoms with Crippen LogP contribution in [0.25, 0.3) is 11.3 Å². The van der Waals surface area contributed by atoms with Gasteiger partial charge in [-0.15, -0.1) is 0 Å². The van der Waals surface area contributed by atoms with Crippen LogP contribution in [0.3, 0.4) is 0 Å². The Balaban J connectivity index is 1.54. The zero-order chi connectivity index (χ0) is 27.7. The van der Waals surface area contributed by atoms with Crippen molar-refractivity contribution in [3.8, 4) is 22.9 Å². The maximum absolute atomic E-state index is 14.9. The molecule has 2 aromatic heterocycles. The normalized spacial score (nSPS) is 14.9. The van der Waals surface area contributed by atoms with Crippen molar-refractivity contribution >= 4 is 16.0 Å². The van der Waals surface area contributed by atoms with Gasteiger partial charge in [-0.05, 0) is 81.6 Å². The predicted octanol–water partition coefficient (Wildman–Crippen LogP) is 5.04. The molecular weight excluding hydrogens is 519 g/mol. The predicted molar refractivity (Wildman–Crippen MR) is 147 cm³/mol. The fourth-order valence-corrected chi connectivity index (χ4v) is 5.82. The molecule has 4 aromatic rings. The Bertz CT molecular complexity index is 1590. The van der Waals surface area contributed by atoms with Gasteiger partial charge in [0, 0.05) is 24.9 Å². The minimum Gasteiger partial charge on any atom is -0.436 e. The highest BCUT2D eigenvalue weighted by molar-refractivity contribution is 7.92. The molecule has 204 valence electrons. The minimum atomic E-state index is -4.03. The third-order valence-electron chi connectivity index (χ3n) is 7.02. The van der Waals surface area contributed by atoms with Crippen LogP contribution in [0.1, 0.15) is 35.4 Å². The number of aromatic nitrogens is 4. The average Bonchev–Trinajstić information content (AvgIpc) is 3.33. The lowest BCUT2D eigenvalue weighted by molar-refractivity contribution is 0.255. The van der Waals surface area contributed by atoms with Gasteiger partial charge in [0.15, 0.2) is 11.6 Å². The summed E-state index contributed by atoms with van der Waals surface area (Å²) < 4.78 is 50.8. The highest BCUT2D eigenvalue weighted by Crippen LogP contribution is 2.35. The highest BCUT2D eigenvalue weighted by Gasteiger charge is 2.22. The summed E-state index contributed by atoms with van der Waals surface area (Å²) in [6.45, 7) is 5.83. The molecule has 5 rings (SSSR count). The van der Waals surface area contributed by atoms with Crippen molar-refractivity contribution in [2.75, 3.05) is 24.9 Å². The van der Waals surface area contributed by atoms with Crippen molar-refractivity contribution in [2.45, 2.75) is 37.5 Å². The number of rotatable bonds is 7. The fraction of sp³-hybridized carbons (Fsp3) is 0.321. The van der Waals surface area contributed by atoms with Gasteiger partial charge in [-0.3, -0.25) is 4.68 Å². The summed E-state index contributed by atoms with van der Waals surface area (Å²) in [5, 5.41) is 3.93. The topological polar surface area (TPSA) is 102 Å². The number of ether oxygens (including phenoxy) is 1. The molecule has 3 heterocycles. The lowest BCUT2D eigenvalue weighted by Crippen LogP contribution is -2.29. The van der Waals surface area contributed by atoms with Gasteiger partial charge in [-0.1, -0.05) is 24.3 Å². The van der Waals surface area contributed by atoms with Crippen molar-refractivity contribution in [1.82, 2.24) is 24.6 Å². The molecule has 0 saturated carbocycles. The molecule has 39 heavy (non-hydrogen) atoms. The number of benzene rings is 2. The molecule has 11 heteroatoms. The van der Waals surface area contributed by atoms with E-state index in [4.69, 9.17) is 4.74 Å². The number of nitrogens with zero attached hydrogens (tertiary/aromatic N) is 5. The number of aryl methyl sites for hydroxylation is 3. The van der Waals surface area contributed by atoms with Crippen LogP contribution < -0.4 is 9.46 Å². The maximum Gasteiger partial charge on any atom is 0.267 e. The van der Waals surface area contributed by atoms with E-state index in [0.29, 0.717) is 11.6 Å². The van der Waals surface area contributed by atoms with E-state index in [2.05, 4.69) is 31.7 Å². The van der Waals surface area contributed by atoms with Gasteiger partial charge >= 0.3 is 0 Å². The Morgan fingerprint density at radius 1 is 1.03 bits per heavy atom. The van der Waals surface area contributed by atoms with Crippen LogP contribution in [-0.4, -0.2) is 53.2 Å². The van der Waals surface area contributed by atoms with E-state index in [9.17, 15) is 12.8 Å². The summed E-state index contributed by atoms with van der Waals surface area (Å²) in [5.74, 6) is -0.372. The van der Waals surface area contributed by atoms with Crippen molar-refractivity contribution in [1.29, 1.82) is 0 Å². The Labute approximate surface area is 227 Å². The summed E-state index contributed by atoms with van der Waals surface area (Å²) in [6, 6.07) is 12.3. The molecule has 0 unspecified atom stereocenters. The van der Waals surface area contributed by atoms with Crippen molar-refractivity contribution in [3.05, 3.63) is 77.4 Å². The molecule has 9 nitrogen and oxygen atoms in total. The largest absolute Gasteiger partial charge is 0.436 e. The minimum absolute atomic E-state index is 0.0194. The van der Waals surface area contributed by atoms with Gasteiger partial charge in [0.25, 0.3) is 10.0 Å². The van der Waals surface area contributed by atoms with E-state index in [0.717, 1.165) is 48.2 Å². The first-order chi connectivity index (χ1) is 18.6. The van der Waals surface area contributed by atoms with E-state index in [-0.39, 0.29) is 22.5 Å². The molecule has 1 fully saturated rings. The Kier molecular flexibility index (Phi) is 7.37. The molecule has 0 spiro atoms. The van der Waals surface area contributed by atoms with Crippen LogP contribution in [0.4, 0.5) is 10.3 Å². The molecule has 1 aliphatic heterocycles. The monoisotopic (exact) mass is 550 g/mol. The Morgan fingerprint density at radius 2 is 1.74 bits per heavy atom. The van der Waals surface area contributed by atoms with Gasteiger partial charge in [0.2, 0.25) is 11.8 Å². The second-order valence-corrected chi connectivity index (χ2v) is 11.7. The molecule has 0 atom stereocenters. The molecule has 0 bridgehead atoms. The van der Waals surface area contributed by atoms with Crippen molar-refractivity contribution in [3.63, 3.8) is 0 Å². The second kappa shape index (κ2) is 10.7. The lowest BCUT2D eigenvalue weighted by Gasteiger charge is -2.29. The standard InChI is InChI=1S/C28H31FN6O3S/c1-18-6-5-7-19(2)27(18)24-15-26(32-28(31-24)33-39(36,37)22-16-30-35(4)17-22)38-25-14-21(8-9-23(25)29)20-10-12-34(3)13-11-20/h5-9,14-17,20H,10-13H2,1-4H3,(H,31,32,33). The highest BCUT2D eigenvalue weighted by atomic mass is 32.2. The van der Waals surface area contributed by atoms with Crippen LogP contribution in [0.5, 0.6) is 11.6 Å². The van der Waals surface area contributed by atoms with Gasteiger partial charge in [0.05, 0.1) is 11.9 Å².